The molecule has 1 aromatic rings. The molecule has 2 unspecified atom stereocenters. The monoisotopic (exact) mass is 245 g/mol. The molecule has 0 bridgehead atoms. The summed E-state index contributed by atoms with van der Waals surface area (Å²) in [7, 11) is 2.01. The van der Waals surface area contributed by atoms with Gasteiger partial charge in [0.25, 0.3) is 0 Å². The van der Waals surface area contributed by atoms with E-state index in [-0.39, 0.29) is 0 Å². The zero-order valence-corrected chi connectivity index (χ0v) is 10.5. The Hall–Kier alpha value is -0.170. The quantitative estimate of drug-likeness (QED) is 0.870. The van der Waals surface area contributed by atoms with Gasteiger partial charge in [0.2, 0.25) is 0 Å². The highest BCUT2D eigenvalue weighted by molar-refractivity contribution is 8.01. The predicted molar refractivity (Wildman–Crippen MR) is 62.6 cm³/mol. The van der Waals surface area contributed by atoms with E-state index in [1.54, 1.807) is 23.1 Å². The van der Waals surface area contributed by atoms with E-state index in [2.05, 4.69) is 15.5 Å². The summed E-state index contributed by atoms with van der Waals surface area (Å²) in [5.74, 6) is 0. The van der Waals surface area contributed by atoms with Gasteiger partial charge < -0.3 is 10.1 Å². The Bertz CT molecular complexity index is 318. The number of aromatic nitrogens is 2. The van der Waals surface area contributed by atoms with E-state index in [1.165, 1.54) is 0 Å². The number of thioether (sulfide) groups is 1. The largest absolute Gasteiger partial charge is 0.380 e. The topological polar surface area (TPSA) is 47.0 Å². The lowest BCUT2D eigenvalue weighted by Crippen LogP contribution is -2.43. The average Bonchev–Trinajstić information content (AvgIpc) is 2.65. The van der Waals surface area contributed by atoms with Crippen molar-refractivity contribution in [2.45, 2.75) is 29.0 Å². The van der Waals surface area contributed by atoms with Crippen molar-refractivity contribution in [1.29, 1.82) is 0 Å². The molecule has 6 heteroatoms. The van der Waals surface area contributed by atoms with Gasteiger partial charge in [-0.3, -0.25) is 0 Å². The molecule has 1 aromatic heterocycles. The number of hydrogen-bond acceptors (Lipinski definition) is 6. The Kier molecular flexibility index (Phi) is 3.96. The normalized spacial score (nSPS) is 26.8. The van der Waals surface area contributed by atoms with Crippen LogP contribution in [0.1, 0.15) is 11.4 Å². The number of rotatable bonds is 3. The van der Waals surface area contributed by atoms with Gasteiger partial charge >= 0.3 is 0 Å². The minimum absolute atomic E-state index is 0.455. The van der Waals surface area contributed by atoms with E-state index in [9.17, 15) is 0 Å². The Labute approximate surface area is 97.8 Å². The van der Waals surface area contributed by atoms with Gasteiger partial charge in [-0.25, -0.2) is 0 Å². The number of nitrogens with one attached hydrogen (secondary N) is 1. The molecular formula is C9H15N3OS2. The van der Waals surface area contributed by atoms with Gasteiger partial charge in [-0.2, -0.15) is 0 Å². The standard InChI is InChI=1S/C9H15N3OS2/c1-6-11-12-9(14-6)15-8-5-13-4-3-7(8)10-2/h7-8,10H,3-5H2,1-2H3. The molecule has 0 aliphatic carbocycles. The maximum atomic E-state index is 5.49. The Balaban J connectivity index is 1.97. The van der Waals surface area contributed by atoms with Gasteiger partial charge in [0.1, 0.15) is 5.01 Å². The van der Waals surface area contributed by atoms with E-state index in [0.29, 0.717) is 11.3 Å². The lowest BCUT2D eigenvalue weighted by Gasteiger charge is -2.29. The minimum Gasteiger partial charge on any atom is -0.380 e. The van der Waals surface area contributed by atoms with Gasteiger partial charge in [-0.1, -0.05) is 23.1 Å². The minimum atomic E-state index is 0.455. The van der Waals surface area contributed by atoms with Crippen molar-refractivity contribution in [3.63, 3.8) is 0 Å². The van der Waals surface area contributed by atoms with Crippen LogP contribution in [0, 0.1) is 6.92 Å². The first kappa shape index (κ1) is 11.3. The third-order valence-electron chi connectivity index (χ3n) is 2.43. The van der Waals surface area contributed by atoms with E-state index >= 15 is 0 Å². The van der Waals surface area contributed by atoms with E-state index < -0.39 is 0 Å². The second kappa shape index (κ2) is 5.25. The van der Waals surface area contributed by atoms with Crippen LogP contribution < -0.4 is 5.32 Å². The molecule has 15 heavy (non-hydrogen) atoms. The van der Waals surface area contributed by atoms with Crippen molar-refractivity contribution in [1.82, 2.24) is 15.5 Å². The summed E-state index contributed by atoms with van der Waals surface area (Å²) in [5, 5.41) is 13.0. The molecular weight excluding hydrogens is 230 g/mol. The van der Waals surface area contributed by atoms with Crippen LogP contribution in [0.15, 0.2) is 4.34 Å². The molecule has 84 valence electrons. The highest BCUT2D eigenvalue weighted by Crippen LogP contribution is 2.30. The molecule has 0 radical (unpaired) electrons. The van der Waals surface area contributed by atoms with Gasteiger partial charge in [-0.15, -0.1) is 10.2 Å². The maximum absolute atomic E-state index is 5.49. The molecule has 4 nitrogen and oxygen atoms in total. The Morgan fingerprint density at radius 1 is 1.53 bits per heavy atom. The molecule has 0 spiro atoms. The fourth-order valence-corrected chi connectivity index (χ4v) is 3.90. The second-order valence-electron chi connectivity index (χ2n) is 3.50. The first-order chi connectivity index (χ1) is 7.29. The molecule has 2 atom stereocenters. The summed E-state index contributed by atoms with van der Waals surface area (Å²) in [6.07, 6.45) is 1.08. The van der Waals surface area contributed by atoms with Gasteiger partial charge in [0, 0.05) is 12.6 Å². The van der Waals surface area contributed by atoms with Gasteiger partial charge in [-0.05, 0) is 20.4 Å². The lowest BCUT2D eigenvalue weighted by molar-refractivity contribution is 0.0850. The number of ether oxygens (including phenoxy) is 1. The Morgan fingerprint density at radius 3 is 3.07 bits per heavy atom. The smallest absolute Gasteiger partial charge is 0.174 e. The summed E-state index contributed by atoms with van der Waals surface area (Å²) in [4.78, 5) is 0. The summed E-state index contributed by atoms with van der Waals surface area (Å²) in [6.45, 7) is 3.64. The summed E-state index contributed by atoms with van der Waals surface area (Å²) in [5.41, 5.74) is 0. The highest BCUT2D eigenvalue weighted by Gasteiger charge is 2.26. The Morgan fingerprint density at radius 2 is 2.40 bits per heavy atom. The van der Waals surface area contributed by atoms with Crippen molar-refractivity contribution < 1.29 is 4.74 Å². The molecule has 1 N–H and O–H groups in total. The summed E-state index contributed by atoms with van der Waals surface area (Å²) >= 11 is 3.43. The van der Waals surface area contributed by atoms with Crippen molar-refractivity contribution >= 4 is 23.1 Å². The van der Waals surface area contributed by atoms with E-state index in [0.717, 1.165) is 29.0 Å². The SMILES string of the molecule is CNC1CCOCC1Sc1nnc(C)s1. The van der Waals surface area contributed by atoms with Crippen LogP contribution in [0.2, 0.25) is 0 Å². The number of hydrogen-bond donors (Lipinski definition) is 1. The number of nitrogens with zero attached hydrogens (tertiary/aromatic N) is 2. The zero-order valence-electron chi connectivity index (χ0n) is 8.90. The van der Waals surface area contributed by atoms with Gasteiger partial charge in [0.15, 0.2) is 4.34 Å². The molecule has 1 aliphatic rings. The molecule has 1 saturated heterocycles. The van der Waals surface area contributed by atoms with Crippen LogP contribution >= 0.6 is 23.1 Å². The third-order valence-corrected chi connectivity index (χ3v) is 4.66. The van der Waals surface area contributed by atoms with Crippen LogP contribution in [-0.4, -0.2) is 41.8 Å². The predicted octanol–water partition coefficient (Wildman–Crippen LogP) is 1.32. The zero-order chi connectivity index (χ0) is 10.7. The van der Waals surface area contributed by atoms with Crippen molar-refractivity contribution in [2.75, 3.05) is 20.3 Å². The fraction of sp³-hybridized carbons (Fsp3) is 0.778. The molecule has 2 rings (SSSR count). The summed E-state index contributed by atoms with van der Waals surface area (Å²) in [6, 6.07) is 0.521. The molecule has 2 heterocycles. The first-order valence-corrected chi connectivity index (χ1v) is 6.71. The van der Waals surface area contributed by atoms with Crippen molar-refractivity contribution in [2.24, 2.45) is 0 Å². The fourth-order valence-electron chi connectivity index (χ4n) is 1.61. The lowest BCUT2D eigenvalue weighted by atomic mass is 10.1. The molecule has 0 amide bonds. The van der Waals surface area contributed by atoms with Crippen LogP contribution in [0.5, 0.6) is 0 Å². The van der Waals surface area contributed by atoms with Crippen LogP contribution in [0.25, 0.3) is 0 Å². The third kappa shape index (κ3) is 2.90. The van der Waals surface area contributed by atoms with E-state index in [1.807, 2.05) is 14.0 Å². The molecule has 1 fully saturated rings. The van der Waals surface area contributed by atoms with Gasteiger partial charge in [0.05, 0.1) is 11.9 Å². The summed E-state index contributed by atoms with van der Waals surface area (Å²) < 4.78 is 6.53. The van der Waals surface area contributed by atoms with Crippen LogP contribution in [-0.2, 0) is 4.74 Å². The number of aryl methyl sites for hydroxylation is 1. The van der Waals surface area contributed by atoms with Crippen molar-refractivity contribution in [3.8, 4) is 0 Å². The molecule has 1 aliphatic heterocycles. The van der Waals surface area contributed by atoms with E-state index in [4.69, 9.17) is 4.74 Å². The molecule has 0 aromatic carbocycles. The second-order valence-corrected chi connectivity index (χ2v) is 6.17. The molecule has 0 saturated carbocycles. The van der Waals surface area contributed by atoms with Crippen LogP contribution in [0.4, 0.5) is 0 Å². The highest BCUT2D eigenvalue weighted by atomic mass is 32.2. The average molecular weight is 245 g/mol. The van der Waals surface area contributed by atoms with Crippen molar-refractivity contribution in [3.05, 3.63) is 5.01 Å². The van der Waals surface area contributed by atoms with Crippen LogP contribution in [0.3, 0.4) is 0 Å². The first-order valence-electron chi connectivity index (χ1n) is 5.01. The maximum Gasteiger partial charge on any atom is 0.174 e.